The van der Waals surface area contributed by atoms with Crippen molar-refractivity contribution in [2.75, 3.05) is 19.5 Å². The summed E-state index contributed by atoms with van der Waals surface area (Å²) in [5.41, 5.74) is 3.69. The molecule has 1 aromatic rings. The van der Waals surface area contributed by atoms with Crippen molar-refractivity contribution in [1.82, 2.24) is 0 Å². The zero-order valence-corrected chi connectivity index (χ0v) is 17.7. The predicted octanol–water partition coefficient (Wildman–Crippen LogP) is 5.38. The molecule has 0 bridgehead atoms. The van der Waals surface area contributed by atoms with Crippen molar-refractivity contribution in [3.63, 3.8) is 0 Å². The first-order valence-electron chi connectivity index (χ1n) is 10.1. The Balaban J connectivity index is 1.92. The number of aliphatic hydroxyl groups is 1. The molecule has 0 heterocycles. The zero-order valence-electron chi connectivity index (χ0n) is 17.7. The van der Waals surface area contributed by atoms with E-state index in [0.717, 1.165) is 18.5 Å². The molecule has 2 aliphatic rings. The molecule has 4 heteroatoms. The van der Waals surface area contributed by atoms with Gasteiger partial charge in [0.2, 0.25) is 0 Å². The standard InChI is InChI=1S/C23H35NO3/c1-15-8-9-19-22(2,3)10-7-11-23(19,4)20(15)21(25)24-16-12-17(26-5)14-18(13-16)27-6/h12-14,19,21,24-25H,7-11H2,1-6H3/t19-,21?,23-/m0/s1. The Hall–Kier alpha value is -1.68. The molecular weight excluding hydrogens is 338 g/mol. The fourth-order valence-corrected chi connectivity index (χ4v) is 5.80. The maximum Gasteiger partial charge on any atom is 0.147 e. The number of aliphatic hydroxyl groups excluding tert-OH is 1. The summed E-state index contributed by atoms with van der Waals surface area (Å²) in [6.07, 6.45) is 5.22. The van der Waals surface area contributed by atoms with E-state index in [0.29, 0.717) is 22.8 Å². The number of fused-ring (bicyclic) bond motifs is 1. The zero-order chi connectivity index (χ0) is 19.8. The van der Waals surface area contributed by atoms with Crippen molar-refractivity contribution in [2.45, 2.75) is 66.0 Å². The quantitative estimate of drug-likeness (QED) is 0.538. The number of ether oxygens (including phenoxy) is 2. The Bertz CT molecular complexity index is 702. The second-order valence-corrected chi connectivity index (χ2v) is 9.19. The summed E-state index contributed by atoms with van der Waals surface area (Å²) in [5.74, 6) is 2.02. The Morgan fingerprint density at radius 3 is 2.30 bits per heavy atom. The van der Waals surface area contributed by atoms with E-state index in [1.165, 1.54) is 30.4 Å². The van der Waals surface area contributed by atoms with E-state index in [1.807, 2.05) is 18.2 Å². The second-order valence-electron chi connectivity index (χ2n) is 9.19. The van der Waals surface area contributed by atoms with Gasteiger partial charge in [-0.25, -0.2) is 0 Å². The second kappa shape index (κ2) is 7.38. The third-order valence-electron chi connectivity index (χ3n) is 7.04. The first-order chi connectivity index (χ1) is 12.7. The fourth-order valence-electron chi connectivity index (χ4n) is 5.80. The SMILES string of the molecule is COc1cc(NC(O)C2=C(C)CC[C@H]3C(C)(C)CCC[C@]23C)cc(OC)c1. The first kappa shape index (κ1) is 20.1. The van der Waals surface area contributed by atoms with Gasteiger partial charge in [-0.1, -0.05) is 32.8 Å². The summed E-state index contributed by atoms with van der Waals surface area (Å²) < 4.78 is 10.7. The van der Waals surface area contributed by atoms with Crippen LogP contribution in [0.1, 0.15) is 59.8 Å². The van der Waals surface area contributed by atoms with Crippen LogP contribution in [0.4, 0.5) is 5.69 Å². The van der Waals surface area contributed by atoms with Gasteiger partial charge in [0.25, 0.3) is 0 Å². The number of methoxy groups -OCH3 is 2. The molecule has 1 fully saturated rings. The van der Waals surface area contributed by atoms with Crippen LogP contribution < -0.4 is 14.8 Å². The van der Waals surface area contributed by atoms with Gasteiger partial charge in [-0.2, -0.15) is 0 Å². The van der Waals surface area contributed by atoms with Crippen molar-refractivity contribution in [2.24, 2.45) is 16.7 Å². The maximum absolute atomic E-state index is 11.2. The average Bonchev–Trinajstić information content (AvgIpc) is 2.59. The number of hydrogen-bond donors (Lipinski definition) is 2. The molecule has 1 unspecified atom stereocenters. The van der Waals surface area contributed by atoms with Crippen molar-refractivity contribution < 1.29 is 14.6 Å². The van der Waals surface area contributed by atoms with Gasteiger partial charge < -0.3 is 19.9 Å². The highest BCUT2D eigenvalue weighted by atomic mass is 16.5. The van der Waals surface area contributed by atoms with Gasteiger partial charge in [0.15, 0.2) is 0 Å². The number of benzene rings is 1. The number of hydrogen-bond acceptors (Lipinski definition) is 4. The fraction of sp³-hybridized carbons (Fsp3) is 0.652. The molecule has 1 saturated carbocycles. The molecule has 2 aliphatic carbocycles. The van der Waals surface area contributed by atoms with Gasteiger partial charge in [0.1, 0.15) is 17.7 Å². The van der Waals surface area contributed by atoms with Crippen LogP contribution in [0.5, 0.6) is 11.5 Å². The van der Waals surface area contributed by atoms with Crippen LogP contribution in [0.3, 0.4) is 0 Å². The molecular formula is C23H35NO3. The minimum Gasteiger partial charge on any atom is -0.497 e. The summed E-state index contributed by atoms with van der Waals surface area (Å²) in [4.78, 5) is 0. The lowest BCUT2D eigenvalue weighted by Gasteiger charge is -2.55. The van der Waals surface area contributed by atoms with Gasteiger partial charge in [-0.15, -0.1) is 0 Å². The van der Waals surface area contributed by atoms with Crippen LogP contribution in [-0.4, -0.2) is 25.6 Å². The summed E-state index contributed by atoms with van der Waals surface area (Å²) in [5, 5.41) is 14.6. The molecule has 0 aliphatic heterocycles. The highest BCUT2D eigenvalue weighted by Gasteiger charge is 2.51. The van der Waals surface area contributed by atoms with Crippen molar-refractivity contribution in [1.29, 1.82) is 0 Å². The number of allylic oxidation sites excluding steroid dienone is 1. The molecule has 4 nitrogen and oxygen atoms in total. The topological polar surface area (TPSA) is 50.7 Å². The lowest BCUT2D eigenvalue weighted by Crippen LogP contribution is -2.49. The van der Waals surface area contributed by atoms with Crippen molar-refractivity contribution in [3.05, 3.63) is 29.3 Å². The van der Waals surface area contributed by atoms with Gasteiger partial charge in [-0.05, 0) is 54.9 Å². The van der Waals surface area contributed by atoms with Gasteiger partial charge in [0.05, 0.1) is 14.2 Å². The minimum absolute atomic E-state index is 0.0411. The Kier molecular flexibility index (Phi) is 5.49. The monoisotopic (exact) mass is 373 g/mol. The highest BCUT2D eigenvalue weighted by molar-refractivity contribution is 5.55. The summed E-state index contributed by atoms with van der Waals surface area (Å²) in [6.45, 7) is 9.36. The van der Waals surface area contributed by atoms with E-state index >= 15 is 0 Å². The molecule has 0 spiro atoms. The van der Waals surface area contributed by atoms with Crippen LogP contribution in [-0.2, 0) is 0 Å². The lowest BCUT2D eigenvalue weighted by atomic mass is 9.50. The molecule has 1 aromatic carbocycles. The molecule has 2 N–H and O–H groups in total. The van der Waals surface area contributed by atoms with Crippen molar-refractivity contribution in [3.8, 4) is 11.5 Å². The lowest BCUT2D eigenvalue weighted by molar-refractivity contribution is -0.00120. The van der Waals surface area contributed by atoms with E-state index in [4.69, 9.17) is 9.47 Å². The largest absolute Gasteiger partial charge is 0.497 e. The van der Waals surface area contributed by atoms with E-state index in [1.54, 1.807) is 14.2 Å². The van der Waals surface area contributed by atoms with E-state index < -0.39 is 6.23 Å². The van der Waals surface area contributed by atoms with Crippen LogP contribution in [0.25, 0.3) is 0 Å². The van der Waals surface area contributed by atoms with Gasteiger partial charge in [-0.3, -0.25) is 0 Å². The molecule has 0 radical (unpaired) electrons. The summed E-state index contributed by atoms with van der Waals surface area (Å²) in [7, 11) is 3.27. The Morgan fingerprint density at radius 2 is 1.70 bits per heavy atom. The third-order valence-corrected chi connectivity index (χ3v) is 7.04. The van der Waals surface area contributed by atoms with Crippen LogP contribution in [0, 0.1) is 16.7 Å². The summed E-state index contributed by atoms with van der Waals surface area (Å²) in [6, 6.07) is 5.63. The molecule has 0 amide bonds. The molecule has 27 heavy (non-hydrogen) atoms. The third kappa shape index (κ3) is 3.69. The Morgan fingerprint density at radius 1 is 1.07 bits per heavy atom. The van der Waals surface area contributed by atoms with Gasteiger partial charge >= 0.3 is 0 Å². The van der Waals surface area contributed by atoms with E-state index in [-0.39, 0.29) is 5.41 Å². The minimum atomic E-state index is -0.705. The number of anilines is 1. The normalized spacial score (nSPS) is 28.3. The Labute approximate surface area is 164 Å². The van der Waals surface area contributed by atoms with E-state index in [9.17, 15) is 5.11 Å². The molecule has 0 aromatic heterocycles. The smallest absolute Gasteiger partial charge is 0.147 e. The van der Waals surface area contributed by atoms with Crippen molar-refractivity contribution >= 4 is 5.69 Å². The predicted molar refractivity (Wildman–Crippen MR) is 110 cm³/mol. The van der Waals surface area contributed by atoms with Gasteiger partial charge in [0, 0.05) is 23.9 Å². The van der Waals surface area contributed by atoms with Crippen LogP contribution in [0.2, 0.25) is 0 Å². The average molecular weight is 374 g/mol. The molecule has 0 saturated heterocycles. The summed E-state index contributed by atoms with van der Waals surface area (Å²) >= 11 is 0. The van der Waals surface area contributed by atoms with Crippen LogP contribution in [0.15, 0.2) is 29.3 Å². The van der Waals surface area contributed by atoms with Crippen LogP contribution >= 0.6 is 0 Å². The number of nitrogens with one attached hydrogen (secondary N) is 1. The highest BCUT2D eigenvalue weighted by Crippen LogP contribution is 2.60. The number of rotatable bonds is 5. The van der Waals surface area contributed by atoms with E-state index in [2.05, 4.69) is 33.0 Å². The molecule has 3 rings (SSSR count). The molecule has 150 valence electrons. The first-order valence-corrected chi connectivity index (χ1v) is 10.1. The maximum atomic E-state index is 11.2. The molecule has 3 atom stereocenters.